The van der Waals surface area contributed by atoms with Crippen molar-refractivity contribution in [3.8, 4) is 0 Å². The Morgan fingerprint density at radius 1 is 0.955 bits per heavy atom. The van der Waals surface area contributed by atoms with Gasteiger partial charge < -0.3 is 32.5 Å². The normalized spacial score (nSPS) is 8.73. The van der Waals surface area contributed by atoms with Crippen molar-refractivity contribution >= 4 is 46.4 Å². The first-order valence-electron chi connectivity index (χ1n) is 5.32. The third-order valence-corrected chi connectivity index (χ3v) is 2.49. The van der Waals surface area contributed by atoms with Gasteiger partial charge in [-0.2, -0.15) is 0 Å². The van der Waals surface area contributed by atoms with Gasteiger partial charge in [0.25, 0.3) is 0 Å². The fraction of sp³-hybridized carbons (Fsp3) is 0.462. The number of rotatable bonds is 4. The van der Waals surface area contributed by atoms with Crippen LogP contribution < -0.4 is 0 Å². The predicted octanol–water partition coefficient (Wildman–Crippen LogP) is 1.43. The van der Waals surface area contributed by atoms with Crippen LogP contribution in [0.4, 0.5) is 0 Å². The van der Waals surface area contributed by atoms with E-state index in [1.165, 1.54) is 5.56 Å². The molecule has 0 bridgehead atoms. The molecule has 0 saturated heterocycles. The number of aliphatic carboxylic acids is 1. The quantitative estimate of drug-likeness (QED) is 0.800. The number of carbonyl (C=O) groups is 1. The molecule has 0 saturated carbocycles. The molecule has 0 spiro atoms. The molecule has 1 unspecified atom stereocenters. The van der Waals surface area contributed by atoms with E-state index in [0.717, 1.165) is 12.0 Å². The van der Waals surface area contributed by atoms with E-state index in [4.69, 9.17) is 5.11 Å². The Bertz CT molecular complexity index is 347. The zero-order chi connectivity index (χ0) is 11.4. The van der Waals surface area contributed by atoms with Crippen LogP contribution in [-0.2, 0) is 11.2 Å². The molecule has 0 amide bonds. The summed E-state index contributed by atoms with van der Waals surface area (Å²) in [6.07, 6.45) is 1.04. The number of carboxylic acids is 1. The summed E-state index contributed by atoms with van der Waals surface area (Å²) >= 11 is 0. The minimum atomic E-state index is -0.772. The van der Waals surface area contributed by atoms with Crippen molar-refractivity contribution in [1.82, 2.24) is 0 Å². The van der Waals surface area contributed by atoms with Crippen molar-refractivity contribution in [3.05, 3.63) is 35.4 Å². The Labute approximate surface area is 157 Å². The van der Waals surface area contributed by atoms with Crippen molar-refractivity contribution in [3.63, 3.8) is 0 Å². The number of benzene rings is 1. The molecule has 1 aromatic rings. The topological polar surface area (TPSA) is 187 Å². The van der Waals surface area contributed by atoms with Crippen LogP contribution in [-0.4, -0.2) is 78.9 Å². The molecule has 0 aromatic heterocycles. The van der Waals surface area contributed by atoms with Crippen molar-refractivity contribution in [2.75, 3.05) is 0 Å². The zero-order valence-corrected chi connectivity index (χ0v) is 15.6. The van der Waals surface area contributed by atoms with Crippen LogP contribution in [0.2, 0.25) is 0 Å². The van der Waals surface area contributed by atoms with E-state index >= 15 is 0 Å². The summed E-state index contributed by atoms with van der Waals surface area (Å²) in [7, 11) is 0. The molecule has 0 aliphatic rings. The van der Waals surface area contributed by atoms with Gasteiger partial charge in [-0.05, 0) is 30.4 Å². The molecule has 0 heterocycles. The summed E-state index contributed by atoms with van der Waals surface area (Å²) < 4.78 is 0. The average Bonchev–Trinajstić information content (AvgIpc) is 2.17. The number of hydrogen-bond acceptors (Lipinski definition) is 6. The Balaban J connectivity index is -0.0000000643. The van der Waals surface area contributed by atoms with Crippen LogP contribution in [0, 0.1) is 5.92 Å². The van der Waals surface area contributed by atoms with E-state index in [0.29, 0.717) is 5.92 Å². The van der Waals surface area contributed by atoms with Gasteiger partial charge in [-0.3, -0.25) is 4.79 Å². The molecule has 6 N–H and O–H groups in total. The van der Waals surface area contributed by atoms with E-state index in [-0.39, 0.29) is 67.8 Å². The maximum atomic E-state index is 10.8. The summed E-state index contributed by atoms with van der Waals surface area (Å²) in [5.41, 5.74) is 2.14. The molecule has 1 atom stereocenters. The first kappa shape index (κ1) is 43.1. The number of hydrogen-bond donors (Lipinski definition) is 1. The first-order valence-corrected chi connectivity index (χ1v) is 5.32. The van der Waals surface area contributed by atoms with Gasteiger partial charge in [0.05, 0.1) is 5.92 Å². The molecule has 0 aliphatic heterocycles. The largest absolute Gasteiger partial charge is 3.00 e. The predicted molar refractivity (Wildman–Crippen MR) is 82.2 cm³/mol. The van der Waals surface area contributed by atoms with Crippen LogP contribution in [0.5, 0.6) is 0 Å². The van der Waals surface area contributed by atoms with Gasteiger partial charge >= 0.3 is 46.4 Å². The molecular weight excluding hydrogens is 319 g/mol. The molecule has 7 nitrogen and oxygen atoms in total. The molecular formula is C13H23AlMgO7. The molecule has 122 valence electrons. The first-order chi connectivity index (χ1) is 7.00. The van der Waals surface area contributed by atoms with Gasteiger partial charge in [-0.25, -0.2) is 0 Å². The smallest absolute Gasteiger partial charge is 0.870 e. The minimum absolute atomic E-state index is 0. The summed E-state index contributed by atoms with van der Waals surface area (Å²) in [6, 6.07) is 7.87. The SMILES string of the molecule is CC(C)Cc1ccc(C(C)C(=O)O)cc1.[Al+3].[Mg+2].[OH-].[OH-].[OH-].[OH-].[OH-]. The standard InChI is InChI=1S/C13H18O2.Al.Mg.5H2O/c1-9(2)8-11-4-6-12(7-5-11)10(3)13(14)15;;;;;;;/h4-7,9-10H,8H2,1-3H3,(H,14,15);;;5*1H2/q;+3;+2;;;;;/p-5. The monoisotopic (exact) mass is 342 g/mol. The second kappa shape index (κ2) is 20.8. The van der Waals surface area contributed by atoms with Crippen molar-refractivity contribution < 1.29 is 37.3 Å². The second-order valence-electron chi connectivity index (χ2n) is 4.40. The van der Waals surface area contributed by atoms with Crippen LogP contribution in [0.1, 0.15) is 37.8 Å². The average molecular weight is 343 g/mol. The van der Waals surface area contributed by atoms with Crippen LogP contribution in [0.3, 0.4) is 0 Å². The zero-order valence-electron chi connectivity index (χ0n) is 13.0. The fourth-order valence-corrected chi connectivity index (χ4v) is 1.56. The molecule has 0 radical (unpaired) electrons. The van der Waals surface area contributed by atoms with E-state index in [1.807, 2.05) is 24.3 Å². The maximum Gasteiger partial charge on any atom is 3.00 e. The molecule has 0 fully saturated rings. The minimum Gasteiger partial charge on any atom is -0.870 e. The van der Waals surface area contributed by atoms with Crippen molar-refractivity contribution in [1.29, 1.82) is 0 Å². The van der Waals surface area contributed by atoms with Gasteiger partial charge in [-0.1, -0.05) is 38.1 Å². The van der Waals surface area contributed by atoms with Gasteiger partial charge in [-0.15, -0.1) is 0 Å². The van der Waals surface area contributed by atoms with E-state index in [2.05, 4.69) is 13.8 Å². The van der Waals surface area contributed by atoms with Crippen LogP contribution in [0.15, 0.2) is 24.3 Å². The van der Waals surface area contributed by atoms with E-state index in [9.17, 15) is 4.79 Å². The Morgan fingerprint density at radius 3 is 1.59 bits per heavy atom. The fourth-order valence-electron chi connectivity index (χ4n) is 1.56. The Hall–Kier alpha value is -0.211. The van der Waals surface area contributed by atoms with Crippen LogP contribution >= 0.6 is 0 Å². The van der Waals surface area contributed by atoms with Gasteiger partial charge in [0.15, 0.2) is 0 Å². The molecule has 9 heteroatoms. The molecule has 22 heavy (non-hydrogen) atoms. The van der Waals surface area contributed by atoms with E-state index in [1.54, 1.807) is 6.92 Å². The summed E-state index contributed by atoms with van der Waals surface area (Å²) in [4.78, 5) is 10.8. The molecule has 1 rings (SSSR count). The maximum absolute atomic E-state index is 10.8. The van der Waals surface area contributed by atoms with Crippen LogP contribution in [0.25, 0.3) is 0 Å². The number of carboxylic acid groups (broad SMARTS) is 1. The van der Waals surface area contributed by atoms with Gasteiger partial charge in [0, 0.05) is 0 Å². The Morgan fingerprint density at radius 2 is 1.32 bits per heavy atom. The van der Waals surface area contributed by atoms with Crippen molar-refractivity contribution in [2.45, 2.75) is 33.1 Å². The van der Waals surface area contributed by atoms with Crippen molar-refractivity contribution in [2.24, 2.45) is 5.92 Å². The Kier molecular flexibility index (Phi) is 40.7. The summed E-state index contributed by atoms with van der Waals surface area (Å²) in [6.45, 7) is 6.06. The van der Waals surface area contributed by atoms with Gasteiger partial charge in [0.1, 0.15) is 0 Å². The summed E-state index contributed by atoms with van der Waals surface area (Å²) in [5, 5.41) is 8.85. The molecule has 1 aromatic carbocycles. The molecule has 0 aliphatic carbocycles. The van der Waals surface area contributed by atoms with Gasteiger partial charge in [0.2, 0.25) is 0 Å². The second-order valence-corrected chi connectivity index (χ2v) is 4.40. The van der Waals surface area contributed by atoms with E-state index < -0.39 is 11.9 Å². The third-order valence-electron chi connectivity index (χ3n) is 2.49. The summed E-state index contributed by atoms with van der Waals surface area (Å²) in [5.74, 6) is -0.558. The third kappa shape index (κ3) is 14.7.